The number of fused-ring (bicyclic) bond motifs is 1. The molecule has 0 saturated heterocycles. The van der Waals surface area contributed by atoms with Gasteiger partial charge in [-0.25, -0.2) is 9.78 Å². The number of hydrogen-bond acceptors (Lipinski definition) is 4. The second kappa shape index (κ2) is 6.99. The van der Waals surface area contributed by atoms with E-state index in [0.29, 0.717) is 16.3 Å². The Morgan fingerprint density at radius 3 is 2.58 bits per heavy atom. The molecule has 2 aromatic carbocycles. The van der Waals surface area contributed by atoms with E-state index in [-0.39, 0.29) is 13.2 Å². The van der Waals surface area contributed by atoms with Crippen molar-refractivity contribution < 1.29 is 14.6 Å². The second-order valence-corrected chi connectivity index (χ2v) is 5.82. The molecule has 0 saturated carbocycles. The molecule has 1 aromatic heterocycles. The molecule has 3 aromatic rings. The number of aliphatic hydroxyl groups excluding tert-OH is 1. The van der Waals surface area contributed by atoms with Gasteiger partial charge in [-0.2, -0.15) is 0 Å². The zero-order valence-electron chi connectivity index (χ0n) is 13.1. The highest BCUT2D eigenvalue weighted by Crippen LogP contribution is 2.27. The zero-order chi connectivity index (χ0) is 17.1. The number of nitrogens with zero attached hydrogens (tertiary/aromatic N) is 1. The molecule has 0 radical (unpaired) electrons. The summed E-state index contributed by atoms with van der Waals surface area (Å²) in [5.41, 5.74) is 3.42. The summed E-state index contributed by atoms with van der Waals surface area (Å²) in [6.07, 6.45) is 0. The molecule has 24 heavy (non-hydrogen) atoms. The van der Waals surface area contributed by atoms with Crippen molar-refractivity contribution in [1.82, 2.24) is 4.98 Å². The molecule has 0 aliphatic carbocycles. The molecule has 3 rings (SSSR count). The summed E-state index contributed by atoms with van der Waals surface area (Å²) in [6.45, 7) is 1.86. The van der Waals surface area contributed by atoms with E-state index in [1.165, 1.54) is 0 Å². The Bertz CT molecular complexity index is 891. The van der Waals surface area contributed by atoms with Gasteiger partial charge in [-0.3, -0.25) is 0 Å². The Balaban J connectivity index is 1.79. The number of aliphatic hydroxyl groups is 1. The van der Waals surface area contributed by atoms with Crippen LogP contribution in [0, 0.1) is 6.92 Å². The van der Waals surface area contributed by atoms with E-state index < -0.39 is 5.97 Å². The van der Waals surface area contributed by atoms with Crippen molar-refractivity contribution in [2.45, 2.75) is 20.1 Å². The van der Waals surface area contributed by atoms with Crippen molar-refractivity contribution in [3.05, 3.63) is 75.9 Å². The molecule has 5 heteroatoms. The van der Waals surface area contributed by atoms with E-state index in [2.05, 4.69) is 4.98 Å². The van der Waals surface area contributed by atoms with E-state index in [1.54, 1.807) is 24.3 Å². The number of para-hydroxylation sites is 1. The van der Waals surface area contributed by atoms with E-state index in [9.17, 15) is 4.79 Å². The second-order valence-electron chi connectivity index (χ2n) is 5.45. The maximum absolute atomic E-state index is 12.1. The molecule has 0 aliphatic rings. The monoisotopic (exact) mass is 341 g/mol. The molecule has 0 bridgehead atoms. The van der Waals surface area contributed by atoms with Crippen molar-refractivity contribution in [3.8, 4) is 0 Å². The molecule has 0 unspecified atom stereocenters. The van der Waals surface area contributed by atoms with Gasteiger partial charge >= 0.3 is 5.97 Å². The number of aryl methyl sites for hydroxylation is 1. The molecule has 122 valence electrons. The fraction of sp³-hybridized carbons (Fsp3) is 0.158. The normalized spacial score (nSPS) is 10.8. The summed E-state index contributed by atoms with van der Waals surface area (Å²) in [4.78, 5) is 16.6. The van der Waals surface area contributed by atoms with Crippen LogP contribution < -0.4 is 0 Å². The quantitative estimate of drug-likeness (QED) is 0.727. The number of carbonyl (C=O) groups is 1. The number of esters is 1. The van der Waals surface area contributed by atoms with Crippen LogP contribution in [0.1, 0.15) is 27.2 Å². The van der Waals surface area contributed by atoms with Crippen molar-refractivity contribution in [3.63, 3.8) is 0 Å². The van der Waals surface area contributed by atoms with Crippen molar-refractivity contribution in [1.29, 1.82) is 0 Å². The number of benzene rings is 2. The van der Waals surface area contributed by atoms with Crippen LogP contribution in [-0.4, -0.2) is 16.1 Å². The third-order valence-corrected chi connectivity index (χ3v) is 4.36. The summed E-state index contributed by atoms with van der Waals surface area (Å²) < 4.78 is 5.32. The van der Waals surface area contributed by atoms with Gasteiger partial charge in [0.1, 0.15) is 6.61 Å². The Morgan fingerprint density at radius 2 is 1.88 bits per heavy atom. The number of aromatic nitrogens is 1. The lowest BCUT2D eigenvalue weighted by atomic mass is 10.1. The Labute approximate surface area is 144 Å². The summed E-state index contributed by atoms with van der Waals surface area (Å²) in [7, 11) is 0. The van der Waals surface area contributed by atoms with Crippen LogP contribution in [-0.2, 0) is 18.0 Å². The Morgan fingerprint density at radius 1 is 1.17 bits per heavy atom. The maximum atomic E-state index is 12.1. The predicted octanol–water partition coefficient (Wildman–Crippen LogP) is 4.05. The lowest BCUT2D eigenvalue weighted by Gasteiger charge is -2.10. The van der Waals surface area contributed by atoms with Crippen molar-refractivity contribution in [2.75, 3.05) is 0 Å². The number of ether oxygens (including phenoxy) is 1. The number of halogens is 1. The SMILES string of the molecule is Cc1c(Cl)c(COC(=O)c2ccc(CO)cc2)nc2ccccc12. The van der Waals surface area contributed by atoms with Gasteiger partial charge in [0.25, 0.3) is 0 Å². The van der Waals surface area contributed by atoms with Crippen LogP contribution in [0.15, 0.2) is 48.5 Å². The molecule has 0 fully saturated rings. The highest BCUT2D eigenvalue weighted by molar-refractivity contribution is 6.32. The van der Waals surface area contributed by atoms with Gasteiger partial charge < -0.3 is 9.84 Å². The molecule has 1 heterocycles. The van der Waals surface area contributed by atoms with Gasteiger partial charge in [0.15, 0.2) is 0 Å². The van der Waals surface area contributed by atoms with E-state index >= 15 is 0 Å². The number of rotatable bonds is 4. The average molecular weight is 342 g/mol. The van der Waals surface area contributed by atoms with Crippen molar-refractivity contribution in [2.24, 2.45) is 0 Å². The first-order chi connectivity index (χ1) is 11.6. The van der Waals surface area contributed by atoms with Crippen LogP contribution in [0.2, 0.25) is 5.02 Å². The summed E-state index contributed by atoms with van der Waals surface area (Å²) in [5.74, 6) is -0.455. The van der Waals surface area contributed by atoms with E-state index in [0.717, 1.165) is 22.0 Å². The molecule has 0 aliphatic heterocycles. The van der Waals surface area contributed by atoms with Gasteiger partial charge in [0, 0.05) is 5.39 Å². The number of pyridine rings is 1. The first kappa shape index (κ1) is 16.4. The minimum absolute atomic E-state index is 0.00505. The molecule has 0 atom stereocenters. The van der Waals surface area contributed by atoms with Crippen LogP contribution in [0.5, 0.6) is 0 Å². The molecule has 0 spiro atoms. The van der Waals surface area contributed by atoms with Gasteiger partial charge in [-0.1, -0.05) is 41.9 Å². The summed E-state index contributed by atoms with van der Waals surface area (Å²) in [5, 5.41) is 10.5. The van der Waals surface area contributed by atoms with Gasteiger partial charge in [-0.05, 0) is 36.2 Å². The minimum atomic E-state index is -0.455. The number of carbonyl (C=O) groups excluding carboxylic acids is 1. The fourth-order valence-electron chi connectivity index (χ4n) is 2.48. The van der Waals surface area contributed by atoms with Crippen LogP contribution in [0.25, 0.3) is 10.9 Å². The van der Waals surface area contributed by atoms with E-state index in [4.69, 9.17) is 21.4 Å². The molecule has 0 amide bonds. The van der Waals surface area contributed by atoms with Gasteiger partial charge in [0.05, 0.1) is 28.4 Å². The third kappa shape index (κ3) is 3.25. The van der Waals surface area contributed by atoms with Crippen molar-refractivity contribution >= 4 is 28.5 Å². The first-order valence-corrected chi connectivity index (χ1v) is 7.88. The Hall–Kier alpha value is -2.43. The fourth-order valence-corrected chi connectivity index (χ4v) is 2.68. The lowest BCUT2D eigenvalue weighted by molar-refractivity contribution is 0.0468. The van der Waals surface area contributed by atoms with Crippen LogP contribution >= 0.6 is 11.6 Å². The first-order valence-electron chi connectivity index (χ1n) is 7.51. The highest BCUT2D eigenvalue weighted by Gasteiger charge is 2.13. The largest absolute Gasteiger partial charge is 0.456 e. The summed E-state index contributed by atoms with van der Waals surface area (Å²) >= 11 is 6.36. The van der Waals surface area contributed by atoms with Gasteiger partial charge in [-0.15, -0.1) is 0 Å². The Kier molecular flexibility index (Phi) is 4.79. The number of hydrogen-bond donors (Lipinski definition) is 1. The van der Waals surface area contributed by atoms with E-state index in [1.807, 2.05) is 31.2 Å². The molecule has 4 nitrogen and oxygen atoms in total. The molecule has 1 N–H and O–H groups in total. The minimum Gasteiger partial charge on any atom is -0.456 e. The highest BCUT2D eigenvalue weighted by atomic mass is 35.5. The van der Waals surface area contributed by atoms with Crippen LogP contribution in [0.3, 0.4) is 0 Å². The molecular weight excluding hydrogens is 326 g/mol. The van der Waals surface area contributed by atoms with Gasteiger partial charge in [0.2, 0.25) is 0 Å². The average Bonchev–Trinajstić information content (AvgIpc) is 2.63. The lowest BCUT2D eigenvalue weighted by Crippen LogP contribution is -2.07. The topological polar surface area (TPSA) is 59.4 Å². The summed E-state index contributed by atoms with van der Waals surface area (Å²) in [6, 6.07) is 14.3. The van der Waals surface area contributed by atoms with Crippen LogP contribution in [0.4, 0.5) is 0 Å². The maximum Gasteiger partial charge on any atom is 0.338 e. The smallest absolute Gasteiger partial charge is 0.338 e. The standard InChI is InChI=1S/C19H16ClNO3/c1-12-15-4-2-3-5-16(15)21-17(18(12)20)11-24-19(23)14-8-6-13(10-22)7-9-14/h2-9,22H,10-11H2,1H3. The molecular formula is C19H16ClNO3. The predicted molar refractivity (Wildman–Crippen MR) is 93.0 cm³/mol. The zero-order valence-corrected chi connectivity index (χ0v) is 13.9. The third-order valence-electron chi connectivity index (χ3n) is 3.86.